The first-order chi connectivity index (χ1) is 12.8. The topological polar surface area (TPSA) is 47.8 Å². The zero-order valence-electron chi connectivity index (χ0n) is 15.6. The van der Waals surface area contributed by atoms with Gasteiger partial charge in [0.2, 0.25) is 0 Å². The number of benzene rings is 2. The average Bonchev–Trinajstić information content (AvgIpc) is 3.03. The Kier molecular flexibility index (Phi) is 6.02. The van der Waals surface area contributed by atoms with Gasteiger partial charge in [0, 0.05) is 16.0 Å². The quantitative estimate of drug-likeness (QED) is 0.524. The predicted octanol–water partition coefficient (Wildman–Crippen LogP) is 5.35. The fraction of sp³-hybridized carbons (Fsp3) is 0.286. The van der Waals surface area contributed by atoms with Gasteiger partial charge in [-0.2, -0.15) is 0 Å². The van der Waals surface area contributed by atoms with Crippen molar-refractivity contribution in [2.45, 2.75) is 32.5 Å². The van der Waals surface area contributed by atoms with Crippen molar-refractivity contribution in [1.82, 2.24) is 14.8 Å². The van der Waals surface area contributed by atoms with Crippen LogP contribution in [0.4, 0.5) is 0 Å². The van der Waals surface area contributed by atoms with Crippen molar-refractivity contribution < 1.29 is 4.79 Å². The van der Waals surface area contributed by atoms with Crippen molar-refractivity contribution in [1.29, 1.82) is 0 Å². The standard InChI is InChI=1S/C21H22ClN3OS/c1-21(2,3)18(26)14-27-20-24-23-19(16-9-11-17(22)12-10-16)25(20)13-15-7-5-4-6-8-15/h4-12H,13-14H2,1-3H3. The molecule has 0 aliphatic rings. The summed E-state index contributed by atoms with van der Waals surface area (Å²) in [5.74, 6) is 1.33. The third-order valence-electron chi connectivity index (χ3n) is 4.17. The van der Waals surface area contributed by atoms with Crippen LogP contribution in [0.25, 0.3) is 11.4 Å². The maximum absolute atomic E-state index is 12.3. The zero-order valence-corrected chi connectivity index (χ0v) is 17.2. The van der Waals surface area contributed by atoms with Gasteiger partial charge in [0.1, 0.15) is 5.78 Å². The van der Waals surface area contributed by atoms with Crippen molar-refractivity contribution in [3.63, 3.8) is 0 Å². The first kappa shape index (κ1) is 19.6. The molecular formula is C21H22ClN3OS. The molecule has 2 aromatic carbocycles. The van der Waals surface area contributed by atoms with Gasteiger partial charge in [-0.15, -0.1) is 10.2 Å². The van der Waals surface area contributed by atoms with Gasteiger partial charge < -0.3 is 0 Å². The van der Waals surface area contributed by atoms with Crippen LogP contribution >= 0.6 is 23.4 Å². The second-order valence-corrected chi connectivity index (χ2v) is 8.73. The molecule has 0 spiro atoms. The molecule has 4 nitrogen and oxygen atoms in total. The van der Waals surface area contributed by atoms with E-state index in [9.17, 15) is 4.79 Å². The molecule has 0 aliphatic heterocycles. The van der Waals surface area contributed by atoms with E-state index in [2.05, 4.69) is 26.9 Å². The maximum Gasteiger partial charge on any atom is 0.192 e. The van der Waals surface area contributed by atoms with E-state index in [-0.39, 0.29) is 11.2 Å². The number of ketones is 1. The normalized spacial score (nSPS) is 11.6. The Labute approximate surface area is 169 Å². The second-order valence-electron chi connectivity index (χ2n) is 7.35. The minimum Gasteiger partial charge on any atom is -0.298 e. The van der Waals surface area contributed by atoms with Gasteiger partial charge in [-0.1, -0.05) is 74.5 Å². The summed E-state index contributed by atoms with van der Waals surface area (Å²) in [7, 11) is 0. The lowest BCUT2D eigenvalue weighted by molar-refractivity contribution is -0.123. The summed E-state index contributed by atoms with van der Waals surface area (Å²) >= 11 is 7.45. The number of rotatable bonds is 6. The van der Waals surface area contributed by atoms with Crippen LogP contribution in [0.15, 0.2) is 59.8 Å². The average molecular weight is 400 g/mol. The van der Waals surface area contributed by atoms with E-state index >= 15 is 0 Å². The Balaban J connectivity index is 1.93. The first-order valence-corrected chi connectivity index (χ1v) is 10.1. The van der Waals surface area contributed by atoms with Crippen molar-refractivity contribution in [3.05, 3.63) is 65.2 Å². The molecule has 0 amide bonds. The molecule has 1 heterocycles. The molecule has 140 valence electrons. The lowest BCUT2D eigenvalue weighted by Gasteiger charge is -2.16. The molecule has 0 saturated carbocycles. The van der Waals surface area contributed by atoms with Crippen LogP contribution in [0.3, 0.4) is 0 Å². The zero-order chi connectivity index (χ0) is 19.4. The highest BCUT2D eigenvalue weighted by Crippen LogP contribution is 2.28. The molecule has 3 rings (SSSR count). The predicted molar refractivity (Wildman–Crippen MR) is 111 cm³/mol. The summed E-state index contributed by atoms with van der Waals surface area (Å²) in [6.07, 6.45) is 0. The second kappa shape index (κ2) is 8.28. The van der Waals surface area contributed by atoms with Gasteiger partial charge in [0.05, 0.1) is 12.3 Å². The summed E-state index contributed by atoms with van der Waals surface area (Å²) in [5.41, 5.74) is 1.73. The molecule has 0 radical (unpaired) electrons. The number of halogens is 1. The Morgan fingerprint density at radius 3 is 2.33 bits per heavy atom. The van der Waals surface area contributed by atoms with Crippen LogP contribution < -0.4 is 0 Å². The molecular weight excluding hydrogens is 378 g/mol. The summed E-state index contributed by atoms with van der Waals surface area (Å²) < 4.78 is 2.05. The molecule has 1 aromatic heterocycles. The minimum absolute atomic E-state index is 0.190. The number of Topliss-reactive ketones (excluding diaryl/α,β-unsaturated/α-hetero) is 1. The van der Waals surface area contributed by atoms with Gasteiger partial charge in [-0.3, -0.25) is 9.36 Å². The number of nitrogens with zero attached hydrogens (tertiary/aromatic N) is 3. The monoisotopic (exact) mass is 399 g/mol. The number of aromatic nitrogens is 3. The fourth-order valence-electron chi connectivity index (χ4n) is 2.46. The van der Waals surface area contributed by atoms with E-state index in [0.29, 0.717) is 17.3 Å². The van der Waals surface area contributed by atoms with E-state index < -0.39 is 0 Å². The SMILES string of the molecule is CC(C)(C)C(=O)CSc1nnc(-c2ccc(Cl)cc2)n1Cc1ccccc1. The number of hydrogen-bond acceptors (Lipinski definition) is 4. The first-order valence-electron chi connectivity index (χ1n) is 8.74. The Hall–Kier alpha value is -2.11. The van der Waals surface area contributed by atoms with Crippen molar-refractivity contribution in [2.24, 2.45) is 5.41 Å². The molecule has 0 unspecified atom stereocenters. The summed E-state index contributed by atoms with van der Waals surface area (Å²) in [6, 6.07) is 17.7. The van der Waals surface area contributed by atoms with E-state index in [1.165, 1.54) is 11.8 Å². The van der Waals surface area contributed by atoms with Crippen molar-refractivity contribution in [3.8, 4) is 11.4 Å². The van der Waals surface area contributed by atoms with E-state index in [1.54, 1.807) is 0 Å². The van der Waals surface area contributed by atoms with Gasteiger partial charge in [0.25, 0.3) is 0 Å². The Bertz CT molecular complexity index is 915. The summed E-state index contributed by atoms with van der Waals surface area (Å²) in [4.78, 5) is 12.3. The summed E-state index contributed by atoms with van der Waals surface area (Å²) in [5, 5.41) is 10.2. The largest absolute Gasteiger partial charge is 0.298 e. The molecule has 0 fully saturated rings. The van der Waals surface area contributed by atoms with Gasteiger partial charge in [-0.25, -0.2) is 0 Å². The van der Waals surface area contributed by atoms with Crippen molar-refractivity contribution >= 4 is 29.1 Å². The molecule has 3 aromatic rings. The fourth-order valence-corrected chi connectivity index (χ4v) is 3.69. The third-order valence-corrected chi connectivity index (χ3v) is 5.39. The van der Waals surface area contributed by atoms with Gasteiger partial charge in [-0.05, 0) is 29.8 Å². The highest BCUT2D eigenvalue weighted by atomic mass is 35.5. The lowest BCUT2D eigenvalue weighted by atomic mass is 9.92. The molecule has 0 saturated heterocycles. The number of thioether (sulfide) groups is 1. The lowest BCUT2D eigenvalue weighted by Crippen LogP contribution is -2.22. The molecule has 0 atom stereocenters. The maximum atomic E-state index is 12.3. The van der Waals surface area contributed by atoms with Gasteiger partial charge in [0.15, 0.2) is 11.0 Å². The molecule has 0 N–H and O–H groups in total. The van der Waals surface area contributed by atoms with Crippen LogP contribution in [0.5, 0.6) is 0 Å². The number of hydrogen-bond donors (Lipinski definition) is 0. The van der Waals surface area contributed by atoms with Crippen LogP contribution in [0.2, 0.25) is 5.02 Å². The van der Waals surface area contributed by atoms with E-state index in [4.69, 9.17) is 11.6 Å². The highest BCUT2D eigenvalue weighted by molar-refractivity contribution is 7.99. The number of carbonyl (C=O) groups excluding carboxylic acids is 1. The van der Waals surface area contributed by atoms with Crippen LogP contribution in [-0.4, -0.2) is 26.3 Å². The van der Waals surface area contributed by atoms with E-state index in [0.717, 1.165) is 22.1 Å². The van der Waals surface area contributed by atoms with E-state index in [1.807, 2.05) is 63.2 Å². The van der Waals surface area contributed by atoms with Crippen LogP contribution in [-0.2, 0) is 11.3 Å². The Morgan fingerprint density at radius 2 is 1.70 bits per heavy atom. The molecule has 0 bridgehead atoms. The highest BCUT2D eigenvalue weighted by Gasteiger charge is 2.23. The third kappa shape index (κ3) is 4.99. The molecule has 27 heavy (non-hydrogen) atoms. The summed E-state index contributed by atoms with van der Waals surface area (Å²) in [6.45, 7) is 6.44. The number of carbonyl (C=O) groups is 1. The minimum atomic E-state index is -0.365. The molecule has 6 heteroatoms. The van der Waals surface area contributed by atoms with Crippen LogP contribution in [0, 0.1) is 5.41 Å². The van der Waals surface area contributed by atoms with Gasteiger partial charge >= 0.3 is 0 Å². The molecule has 0 aliphatic carbocycles. The van der Waals surface area contributed by atoms with Crippen molar-refractivity contribution in [2.75, 3.05) is 5.75 Å². The smallest absolute Gasteiger partial charge is 0.192 e. The van der Waals surface area contributed by atoms with Crippen LogP contribution in [0.1, 0.15) is 26.3 Å². The Morgan fingerprint density at radius 1 is 1.04 bits per heavy atom.